The summed E-state index contributed by atoms with van der Waals surface area (Å²) in [5.74, 6) is 1.75. The molecule has 6 heteroatoms. The lowest BCUT2D eigenvalue weighted by Crippen LogP contribution is -2.37. The molecule has 0 bridgehead atoms. The van der Waals surface area contributed by atoms with Crippen LogP contribution in [0.1, 0.15) is 31.3 Å². The zero-order valence-electron chi connectivity index (χ0n) is 14.9. The SMILES string of the molecule is CCn1nccc1CCN1CCCC(Cc2nnc3ccccn23)C1. The Morgan fingerprint density at radius 3 is 3.08 bits per heavy atom. The minimum Gasteiger partial charge on any atom is -0.303 e. The Morgan fingerprint density at radius 2 is 2.16 bits per heavy atom. The zero-order valence-corrected chi connectivity index (χ0v) is 14.9. The van der Waals surface area contributed by atoms with Gasteiger partial charge in [0.2, 0.25) is 0 Å². The molecule has 132 valence electrons. The second kappa shape index (κ2) is 7.35. The average molecular weight is 338 g/mol. The van der Waals surface area contributed by atoms with Crippen LogP contribution >= 0.6 is 0 Å². The van der Waals surface area contributed by atoms with E-state index in [1.165, 1.54) is 25.1 Å². The quantitative estimate of drug-likeness (QED) is 0.693. The van der Waals surface area contributed by atoms with Crippen LogP contribution in [0.4, 0.5) is 0 Å². The lowest BCUT2D eigenvalue weighted by atomic mass is 9.94. The lowest BCUT2D eigenvalue weighted by molar-refractivity contribution is 0.173. The molecule has 1 aliphatic heterocycles. The molecule has 0 aromatic carbocycles. The van der Waals surface area contributed by atoms with Gasteiger partial charge < -0.3 is 4.90 Å². The van der Waals surface area contributed by atoms with Crippen LogP contribution < -0.4 is 0 Å². The van der Waals surface area contributed by atoms with Crippen molar-refractivity contribution in [3.63, 3.8) is 0 Å². The van der Waals surface area contributed by atoms with Gasteiger partial charge in [0.1, 0.15) is 5.82 Å². The molecule has 1 aliphatic rings. The molecule has 3 aromatic heterocycles. The van der Waals surface area contributed by atoms with E-state index in [1.807, 2.05) is 24.4 Å². The van der Waals surface area contributed by atoms with E-state index < -0.39 is 0 Å². The van der Waals surface area contributed by atoms with Gasteiger partial charge in [0, 0.05) is 50.6 Å². The molecule has 0 saturated carbocycles. The first-order valence-corrected chi connectivity index (χ1v) is 9.35. The molecule has 3 aromatic rings. The van der Waals surface area contributed by atoms with Crippen LogP contribution in [0.25, 0.3) is 5.65 Å². The fourth-order valence-corrected chi connectivity index (χ4v) is 3.94. The second-order valence-corrected chi connectivity index (χ2v) is 6.95. The van der Waals surface area contributed by atoms with Crippen LogP contribution in [-0.4, -0.2) is 48.9 Å². The molecule has 6 nitrogen and oxygen atoms in total. The van der Waals surface area contributed by atoms with E-state index in [0.29, 0.717) is 5.92 Å². The molecule has 25 heavy (non-hydrogen) atoms. The Labute approximate surface area is 148 Å². The van der Waals surface area contributed by atoms with E-state index in [2.05, 4.69) is 48.5 Å². The Hall–Kier alpha value is -2.21. The number of hydrogen-bond donors (Lipinski definition) is 0. The maximum atomic E-state index is 4.41. The van der Waals surface area contributed by atoms with Crippen molar-refractivity contribution in [2.45, 2.75) is 39.2 Å². The van der Waals surface area contributed by atoms with Crippen LogP contribution in [0.3, 0.4) is 0 Å². The Balaban J connectivity index is 1.36. The molecule has 0 amide bonds. The molecule has 1 fully saturated rings. The van der Waals surface area contributed by atoms with Gasteiger partial charge in [-0.1, -0.05) is 6.07 Å². The molecular weight excluding hydrogens is 312 g/mol. The highest BCUT2D eigenvalue weighted by atomic mass is 15.3. The summed E-state index contributed by atoms with van der Waals surface area (Å²) in [6.07, 6.45) is 8.62. The van der Waals surface area contributed by atoms with Crippen LogP contribution in [0, 0.1) is 5.92 Å². The first kappa shape index (κ1) is 16.3. The number of pyridine rings is 1. The topological polar surface area (TPSA) is 51.2 Å². The average Bonchev–Trinajstić information content (AvgIpc) is 3.27. The molecule has 4 heterocycles. The van der Waals surface area contributed by atoms with Crippen molar-refractivity contribution in [3.8, 4) is 0 Å². The predicted octanol–water partition coefficient (Wildman–Crippen LogP) is 2.44. The highest BCUT2D eigenvalue weighted by Crippen LogP contribution is 2.21. The Morgan fingerprint density at radius 1 is 1.20 bits per heavy atom. The zero-order chi connectivity index (χ0) is 17.1. The highest BCUT2D eigenvalue weighted by molar-refractivity contribution is 5.37. The summed E-state index contributed by atoms with van der Waals surface area (Å²) in [4.78, 5) is 2.60. The summed E-state index contributed by atoms with van der Waals surface area (Å²) in [6, 6.07) is 8.22. The smallest absolute Gasteiger partial charge is 0.160 e. The first-order chi connectivity index (χ1) is 12.3. The maximum Gasteiger partial charge on any atom is 0.160 e. The van der Waals surface area contributed by atoms with E-state index >= 15 is 0 Å². The van der Waals surface area contributed by atoms with Gasteiger partial charge in [-0.05, 0) is 50.4 Å². The van der Waals surface area contributed by atoms with E-state index in [4.69, 9.17) is 0 Å². The summed E-state index contributed by atoms with van der Waals surface area (Å²) >= 11 is 0. The van der Waals surface area contributed by atoms with Gasteiger partial charge in [0.15, 0.2) is 5.65 Å². The number of fused-ring (bicyclic) bond motifs is 1. The third-order valence-corrected chi connectivity index (χ3v) is 5.25. The first-order valence-electron chi connectivity index (χ1n) is 9.35. The van der Waals surface area contributed by atoms with Crippen LogP contribution in [-0.2, 0) is 19.4 Å². The number of aryl methyl sites for hydroxylation is 1. The Kier molecular flexibility index (Phi) is 4.78. The second-order valence-electron chi connectivity index (χ2n) is 6.95. The van der Waals surface area contributed by atoms with Crippen molar-refractivity contribution in [3.05, 3.63) is 48.2 Å². The molecule has 0 aliphatic carbocycles. The van der Waals surface area contributed by atoms with Crippen molar-refractivity contribution in [2.75, 3.05) is 19.6 Å². The number of hydrogen-bond acceptors (Lipinski definition) is 4. The van der Waals surface area contributed by atoms with Crippen molar-refractivity contribution in [1.29, 1.82) is 0 Å². The van der Waals surface area contributed by atoms with Gasteiger partial charge in [-0.2, -0.15) is 5.10 Å². The van der Waals surface area contributed by atoms with Crippen LogP contribution in [0.2, 0.25) is 0 Å². The summed E-state index contributed by atoms with van der Waals surface area (Å²) < 4.78 is 4.22. The summed E-state index contributed by atoms with van der Waals surface area (Å²) in [5.41, 5.74) is 2.28. The van der Waals surface area contributed by atoms with Gasteiger partial charge in [-0.15, -0.1) is 10.2 Å². The molecule has 1 unspecified atom stereocenters. The summed E-state index contributed by atoms with van der Waals surface area (Å²) in [7, 11) is 0. The number of aromatic nitrogens is 5. The van der Waals surface area contributed by atoms with Crippen molar-refractivity contribution >= 4 is 5.65 Å². The number of rotatable bonds is 6. The van der Waals surface area contributed by atoms with Crippen molar-refractivity contribution in [1.82, 2.24) is 29.3 Å². The van der Waals surface area contributed by atoms with Gasteiger partial charge in [-0.25, -0.2) is 0 Å². The van der Waals surface area contributed by atoms with Crippen LogP contribution in [0.15, 0.2) is 36.7 Å². The summed E-state index contributed by atoms with van der Waals surface area (Å²) in [5, 5.41) is 13.1. The van der Waals surface area contributed by atoms with Gasteiger partial charge >= 0.3 is 0 Å². The van der Waals surface area contributed by atoms with E-state index in [1.54, 1.807) is 0 Å². The summed E-state index contributed by atoms with van der Waals surface area (Å²) in [6.45, 7) is 6.57. The molecule has 0 N–H and O–H groups in total. The fourth-order valence-electron chi connectivity index (χ4n) is 3.94. The van der Waals surface area contributed by atoms with Gasteiger partial charge in [0.05, 0.1) is 0 Å². The van der Waals surface area contributed by atoms with E-state index in [0.717, 1.165) is 43.9 Å². The van der Waals surface area contributed by atoms with Gasteiger partial charge in [-0.3, -0.25) is 9.08 Å². The molecule has 0 radical (unpaired) electrons. The largest absolute Gasteiger partial charge is 0.303 e. The molecule has 4 rings (SSSR count). The molecule has 0 spiro atoms. The monoisotopic (exact) mass is 338 g/mol. The van der Waals surface area contributed by atoms with Crippen LogP contribution in [0.5, 0.6) is 0 Å². The third-order valence-electron chi connectivity index (χ3n) is 5.25. The highest BCUT2D eigenvalue weighted by Gasteiger charge is 2.22. The predicted molar refractivity (Wildman–Crippen MR) is 97.5 cm³/mol. The third kappa shape index (κ3) is 3.58. The standard InChI is InChI=1S/C19H26N6/c1-2-25-17(8-10-20-25)9-13-23-11-5-6-16(15-23)14-19-22-21-18-7-3-4-12-24(18)19/h3-4,7-8,10,12,16H,2,5-6,9,11,13-15H2,1H3. The fraction of sp³-hybridized carbons (Fsp3) is 0.526. The number of likely N-dealkylation sites (tertiary alicyclic amines) is 1. The number of nitrogens with zero attached hydrogens (tertiary/aromatic N) is 6. The molecule has 1 saturated heterocycles. The maximum absolute atomic E-state index is 4.41. The van der Waals surface area contributed by atoms with Crippen molar-refractivity contribution in [2.24, 2.45) is 5.92 Å². The minimum atomic E-state index is 0.664. The van der Waals surface area contributed by atoms with Gasteiger partial charge in [0.25, 0.3) is 0 Å². The van der Waals surface area contributed by atoms with E-state index in [9.17, 15) is 0 Å². The molecular formula is C19H26N6. The van der Waals surface area contributed by atoms with E-state index in [-0.39, 0.29) is 0 Å². The number of piperidine rings is 1. The van der Waals surface area contributed by atoms with Crippen molar-refractivity contribution < 1.29 is 0 Å². The lowest BCUT2D eigenvalue weighted by Gasteiger charge is -2.32. The Bertz CT molecular complexity index is 820. The normalized spacial score (nSPS) is 18.8. The molecule has 1 atom stereocenters. The minimum absolute atomic E-state index is 0.664.